The Morgan fingerprint density at radius 2 is 1.81 bits per heavy atom. The summed E-state index contributed by atoms with van der Waals surface area (Å²) >= 11 is 6.17. The Balaban J connectivity index is 2.30. The van der Waals surface area contributed by atoms with Crippen LogP contribution in [0.25, 0.3) is 0 Å². The molecule has 0 radical (unpaired) electrons. The second-order valence-electron chi connectivity index (χ2n) is 5.11. The minimum absolute atomic E-state index is 0.736. The summed E-state index contributed by atoms with van der Waals surface area (Å²) < 4.78 is 0. The number of nitrogens with zero attached hydrogens (tertiary/aromatic N) is 2. The molecule has 0 saturated carbocycles. The monoisotopic (exact) mass is 304 g/mol. The molecular formula is C16H21ClN4. The van der Waals surface area contributed by atoms with Crippen LogP contribution in [0.4, 0.5) is 17.3 Å². The molecule has 0 saturated heterocycles. The molecule has 0 aliphatic carbocycles. The van der Waals surface area contributed by atoms with Crippen molar-refractivity contribution in [1.29, 1.82) is 0 Å². The molecule has 112 valence electrons. The van der Waals surface area contributed by atoms with Gasteiger partial charge in [0, 0.05) is 22.8 Å². The minimum Gasteiger partial charge on any atom is -0.370 e. The molecule has 21 heavy (non-hydrogen) atoms. The zero-order chi connectivity index (χ0) is 15.4. The van der Waals surface area contributed by atoms with Gasteiger partial charge in [-0.05, 0) is 44.9 Å². The first-order valence-electron chi connectivity index (χ1n) is 7.13. The third-order valence-electron chi connectivity index (χ3n) is 3.23. The largest absolute Gasteiger partial charge is 0.370 e. The lowest BCUT2D eigenvalue weighted by Crippen LogP contribution is -2.08. The lowest BCUT2D eigenvalue weighted by atomic mass is 10.2. The fourth-order valence-electron chi connectivity index (χ4n) is 1.97. The normalized spacial score (nSPS) is 10.5. The third kappa shape index (κ3) is 3.85. The summed E-state index contributed by atoms with van der Waals surface area (Å²) in [4.78, 5) is 8.94. The van der Waals surface area contributed by atoms with E-state index in [1.165, 1.54) is 0 Å². The van der Waals surface area contributed by atoms with Gasteiger partial charge in [-0.15, -0.1) is 0 Å². The van der Waals surface area contributed by atoms with Crippen molar-refractivity contribution in [2.75, 3.05) is 17.2 Å². The summed E-state index contributed by atoms with van der Waals surface area (Å²) in [6.07, 6.45) is 1.05. The van der Waals surface area contributed by atoms with E-state index in [0.29, 0.717) is 0 Å². The Morgan fingerprint density at radius 1 is 1.10 bits per heavy atom. The summed E-state index contributed by atoms with van der Waals surface area (Å²) in [5.74, 6) is 2.42. The fraction of sp³-hybridized carbons (Fsp3) is 0.375. The van der Waals surface area contributed by atoms with Crippen molar-refractivity contribution in [3.05, 3.63) is 40.2 Å². The molecular weight excluding hydrogens is 284 g/mol. The lowest BCUT2D eigenvalue weighted by molar-refractivity contribution is 0.948. The number of nitrogens with one attached hydrogen (secondary N) is 2. The molecule has 2 N–H and O–H groups in total. The maximum Gasteiger partial charge on any atom is 0.139 e. The van der Waals surface area contributed by atoms with E-state index in [9.17, 15) is 0 Å². The smallest absolute Gasteiger partial charge is 0.139 e. The minimum atomic E-state index is 0.736. The van der Waals surface area contributed by atoms with Gasteiger partial charge in [0.2, 0.25) is 0 Å². The number of benzene rings is 1. The second-order valence-corrected chi connectivity index (χ2v) is 5.52. The number of hydrogen-bond donors (Lipinski definition) is 2. The lowest BCUT2D eigenvalue weighted by Gasteiger charge is -2.14. The Morgan fingerprint density at radius 3 is 2.48 bits per heavy atom. The van der Waals surface area contributed by atoms with Crippen LogP contribution in [0.1, 0.15) is 30.3 Å². The Bertz CT molecular complexity index is 640. The highest BCUT2D eigenvalue weighted by Crippen LogP contribution is 2.26. The van der Waals surface area contributed by atoms with Crippen molar-refractivity contribution in [3.63, 3.8) is 0 Å². The first-order chi connectivity index (χ1) is 10.0. The molecule has 0 fully saturated rings. The second kappa shape index (κ2) is 6.76. The molecule has 1 aromatic carbocycles. The van der Waals surface area contributed by atoms with Crippen LogP contribution >= 0.6 is 11.6 Å². The number of halogens is 1. The van der Waals surface area contributed by atoms with E-state index >= 15 is 0 Å². The van der Waals surface area contributed by atoms with Crippen molar-refractivity contribution in [3.8, 4) is 0 Å². The Kier molecular flexibility index (Phi) is 5.02. The number of rotatable bonds is 5. The van der Waals surface area contributed by atoms with E-state index in [0.717, 1.165) is 52.3 Å². The van der Waals surface area contributed by atoms with Crippen LogP contribution < -0.4 is 10.6 Å². The maximum absolute atomic E-state index is 6.17. The molecule has 0 aliphatic heterocycles. The Labute approximate surface area is 131 Å². The van der Waals surface area contributed by atoms with E-state index in [-0.39, 0.29) is 0 Å². The predicted molar refractivity (Wildman–Crippen MR) is 89.8 cm³/mol. The van der Waals surface area contributed by atoms with Crippen LogP contribution in [-0.2, 0) is 0 Å². The van der Waals surface area contributed by atoms with Gasteiger partial charge >= 0.3 is 0 Å². The number of aryl methyl sites for hydroxylation is 2. The van der Waals surface area contributed by atoms with Gasteiger partial charge in [-0.1, -0.05) is 24.6 Å². The van der Waals surface area contributed by atoms with E-state index in [2.05, 4.69) is 27.5 Å². The van der Waals surface area contributed by atoms with Crippen molar-refractivity contribution < 1.29 is 0 Å². The highest BCUT2D eigenvalue weighted by Gasteiger charge is 2.09. The molecule has 2 aromatic rings. The summed E-state index contributed by atoms with van der Waals surface area (Å²) in [7, 11) is 0. The molecule has 0 atom stereocenters. The van der Waals surface area contributed by atoms with Gasteiger partial charge in [-0.25, -0.2) is 9.97 Å². The number of aromatic nitrogens is 2. The van der Waals surface area contributed by atoms with E-state index in [1.54, 1.807) is 0 Å². The number of anilines is 3. The molecule has 4 nitrogen and oxygen atoms in total. The van der Waals surface area contributed by atoms with Gasteiger partial charge in [0.25, 0.3) is 0 Å². The SMILES string of the molecule is CCCNc1nc(C)nc(Nc2ccc(C)c(Cl)c2)c1C. The molecule has 2 rings (SSSR count). The van der Waals surface area contributed by atoms with Gasteiger partial charge in [0.1, 0.15) is 17.5 Å². The molecule has 0 aliphatic rings. The average Bonchev–Trinajstić information content (AvgIpc) is 2.45. The van der Waals surface area contributed by atoms with Crippen molar-refractivity contribution in [1.82, 2.24) is 9.97 Å². The van der Waals surface area contributed by atoms with E-state index in [4.69, 9.17) is 11.6 Å². The van der Waals surface area contributed by atoms with Gasteiger partial charge < -0.3 is 10.6 Å². The summed E-state index contributed by atoms with van der Waals surface area (Å²) in [6, 6.07) is 5.90. The molecule has 1 heterocycles. The fourth-order valence-corrected chi connectivity index (χ4v) is 2.15. The van der Waals surface area contributed by atoms with Crippen LogP contribution in [-0.4, -0.2) is 16.5 Å². The zero-order valence-corrected chi connectivity index (χ0v) is 13.7. The van der Waals surface area contributed by atoms with Crippen molar-refractivity contribution in [2.24, 2.45) is 0 Å². The highest BCUT2D eigenvalue weighted by molar-refractivity contribution is 6.31. The zero-order valence-electron chi connectivity index (χ0n) is 12.9. The van der Waals surface area contributed by atoms with Crippen LogP contribution in [0, 0.1) is 20.8 Å². The van der Waals surface area contributed by atoms with Gasteiger partial charge in [0.05, 0.1) is 0 Å². The average molecular weight is 305 g/mol. The quantitative estimate of drug-likeness (QED) is 0.846. The summed E-state index contributed by atoms with van der Waals surface area (Å²) in [5, 5.41) is 7.40. The van der Waals surface area contributed by atoms with Gasteiger partial charge in [0.15, 0.2) is 0 Å². The van der Waals surface area contributed by atoms with Crippen LogP contribution in [0.3, 0.4) is 0 Å². The van der Waals surface area contributed by atoms with E-state index in [1.807, 2.05) is 39.0 Å². The van der Waals surface area contributed by atoms with Crippen LogP contribution in [0.2, 0.25) is 5.02 Å². The molecule has 1 aromatic heterocycles. The van der Waals surface area contributed by atoms with Crippen LogP contribution in [0.5, 0.6) is 0 Å². The molecule has 0 unspecified atom stereocenters. The van der Waals surface area contributed by atoms with Crippen molar-refractivity contribution in [2.45, 2.75) is 34.1 Å². The standard InChI is InChI=1S/C16H21ClN4/c1-5-8-18-15-11(3)16(20-12(4)19-15)21-13-7-6-10(2)14(17)9-13/h6-7,9H,5,8H2,1-4H3,(H2,18,19,20,21). The third-order valence-corrected chi connectivity index (χ3v) is 3.64. The van der Waals surface area contributed by atoms with Gasteiger partial charge in [-0.3, -0.25) is 0 Å². The first kappa shape index (κ1) is 15.6. The van der Waals surface area contributed by atoms with Gasteiger partial charge in [-0.2, -0.15) is 0 Å². The highest BCUT2D eigenvalue weighted by atomic mass is 35.5. The molecule has 0 bridgehead atoms. The Hall–Kier alpha value is -1.81. The maximum atomic E-state index is 6.17. The predicted octanol–water partition coefficient (Wildman–Crippen LogP) is 4.62. The van der Waals surface area contributed by atoms with Crippen LogP contribution in [0.15, 0.2) is 18.2 Å². The first-order valence-corrected chi connectivity index (χ1v) is 7.51. The van der Waals surface area contributed by atoms with Crippen molar-refractivity contribution >= 4 is 28.9 Å². The summed E-state index contributed by atoms with van der Waals surface area (Å²) in [6.45, 7) is 8.91. The molecule has 5 heteroatoms. The topological polar surface area (TPSA) is 49.8 Å². The summed E-state index contributed by atoms with van der Waals surface area (Å²) in [5.41, 5.74) is 2.99. The molecule has 0 amide bonds. The van der Waals surface area contributed by atoms with E-state index < -0.39 is 0 Å². The molecule has 0 spiro atoms. The number of hydrogen-bond acceptors (Lipinski definition) is 4.